The van der Waals surface area contributed by atoms with Crippen molar-refractivity contribution in [3.05, 3.63) is 88.7 Å². The molecule has 0 saturated carbocycles. The second-order valence-electron chi connectivity index (χ2n) is 6.16. The molecular formula is C22H18N2O2. The number of fused-ring (bicyclic) bond motifs is 1. The first-order valence-electron chi connectivity index (χ1n) is 8.40. The molecular weight excluding hydrogens is 324 g/mol. The Morgan fingerprint density at radius 2 is 1.65 bits per heavy atom. The van der Waals surface area contributed by atoms with Gasteiger partial charge in [0.25, 0.3) is 5.56 Å². The molecule has 0 radical (unpaired) electrons. The van der Waals surface area contributed by atoms with E-state index in [4.69, 9.17) is 9.72 Å². The zero-order chi connectivity index (χ0) is 18.1. The SMILES string of the molecule is COc1ccc2c(=O)n(-c3ccc(C)cc3)c(-c3ccccc3)nc2c1. The maximum atomic E-state index is 13.3. The Bertz CT molecular complexity index is 1130. The molecule has 0 spiro atoms. The van der Waals surface area contributed by atoms with E-state index in [1.165, 1.54) is 0 Å². The molecule has 4 nitrogen and oxygen atoms in total. The summed E-state index contributed by atoms with van der Waals surface area (Å²) in [5.41, 5.74) is 3.35. The third-order valence-corrected chi connectivity index (χ3v) is 4.40. The number of methoxy groups -OCH3 is 1. The third-order valence-electron chi connectivity index (χ3n) is 4.40. The molecule has 0 unspecified atom stereocenters. The van der Waals surface area contributed by atoms with Crippen LogP contribution in [-0.4, -0.2) is 16.7 Å². The normalized spacial score (nSPS) is 10.8. The van der Waals surface area contributed by atoms with Crippen molar-refractivity contribution in [3.8, 4) is 22.8 Å². The van der Waals surface area contributed by atoms with E-state index in [0.717, 1.165) is 16.8 Å². The summed E-state index contributed by atoms with van der Waals surface area (Å²) >= 11 is 0. The fraction of sp³-hybridized carbons (Fsp3) is 0.0909. The first-order valence-corrected chi connectivity index (χ1v) is 8.40. The van der Waals surface area contributed by atoms with Gasteiger partial charge in [-0.05, 0) is 31.2 Å². The molecule has 0 amide bonds. The molecule has 0 aliphatic carbocycles. The average molecular weight is 342 g/mol. The lowest BCUT2D eigenvalue weighted by atomic mass is 10.1. The Morgan fingerprint density at radius 1 is 0.923 bits per heavy atom. The van der Waals surface area contributed by atoms with Crippen molar-refractivity contribution in [2.24, 2.45) is 0 Å². The zero-order valence-electron chi connectivity index (χ0n) is 14.6. The molecule has 26 heavy (non-hydrogen) atoms. The Kier molecular flexibility index (Phi) is 4.01. The fourth-order valence-corrected chi connectivity index (χ4v) is 3.01. The Hall–Kier alpha value is -3.40. The van der Waals surface area contributed by atoms with E-state index in [0.29, 0.717) is 22.5 Å². The largest absolute Gasteiger partial charge is 0.497 e. The first-order chi connectivity index (χ1) is 12.7. The number of benzene rings is 3. The topological polar surface area (TPSA) is 44.1 Å². The maximum Gasteiger partial charge on any atom is 0.266 e. The lowest BCUT2D eigenvalue weighted by molar-refractivity contribution is 0.415. The van der Waals surface area contributed by atoms with Crippen molar-refractivity contribution < 1.29 is 4.74 Å². The van der Waals surface area contributed by atoms with Crippen LogP contribution in [-0.2, 0) is 0 Å². The predicted octanol–water partition coefficient (Wildman–Crippen LogP) is 4.37. The van der Waals surface area contributed by atoms with Crippen LogP contribution in [0.1, 0.15) is 5.56 Å². The van der Waals surface area contributed by atoms with Crippen LogP contribution in [0.25, 0.3) is 28.0 Å². The highest BCUT2D eigenvalue weighted by Gasteiger charge is 2.14. The number of aromatic nitrogens is 2. The van der Waals surface area contributed by atoms with Crippen molar-refractivity contribution in [1.82, 2.24) is 9.55 Å². The molecule has 4 aromatic rings. The van der Waals surface area contributed by atoms with Crippen LogP contribution in [0.3, 0.4) is 0 Å². The van der Waals surface area contributed by atoms with Crippen LogP contribution < -0.4 is 10.3 Å². The zero-order valence-corrected chi connectivity index (χ0v) is 14.6. The van der Waals surface area contributed by atoms with Crippen LogP contribution in [0.2, 0.25) is 0 Å². The summed E-state index contributed by atoms with van der Waals surface area (Å²) in [6, 6.07) is 23.0. The van der Waals surface area contributed by atoms with Gasteiger partial charge in [-0.1, -0.05) is 48.0 Å². The van der Waals surface area contributed by atoms with Gasteiger partial charge in [-0.3, -0.25) is 9.36 Å². The van der Waals surface area contributed by atoms with E-state index in [9.17, 15) is 4.79 Å². The van der Waals surface area contributed by atoms with E-state index in [-0.39, 0.29) is 5.56 Å². The maximum absolute atomic E-state index is 13.3. The molecule has 0 N–H and O–H groups in total. The molecule has 4 rings (SSSR count). The molecule has 0 aliphatic rings. The highest BCUT2D eigenvalue weighted by Crippen LogP contribution is 2.24. The van der Waals surface area contributed by atoms with Gasteiger partial charge in [0.15, 0.2) is 0 Å². The number of hydrogen-bond acceptors (Lipinski definition) is 3. The van der Waals surface area contributed by atoms with E-state index in [1.807, 2.05) is 61.5 Å². The Balaban J connectivity index is 2.09. The molecule has 1 aromatic heterocycles. The van der Waals surface area contributed by atoms with Gasteiger partial charge in [-0.15, -0.1) is 0 Å². The second kappa shape index (κ2) is 6.48. The van der Waals surface area contributed by atoms with E-state index in [1.54, 1.807) is 29.9 Å². The standard InChI is InChI=1S/C22H18N2O2/c1-15-8-10-17(11-9-15)24-21(16-6-4-3-5-7-16)23-20-14-18(26-2)12-13-19(20)22(24)25/h3-14H,1-2H3. The molecule has 0 fully saturated rings. The summed E-state index contributed by atoms with van der Waals surface area (Å²) in [6.07, 6.45) is 0. The van der Waals surface area contributed by atoms with Crippen LogP contribution in [0.4, 0.5) is 0 Å². The molecule has 0 aliphatic heterocycles. The van der Waals surface area contributed by atoms with Gasteiger partial charge in [-0.25, -0.2) is 4.98 Å². The van der Waals surface area contributed by atoms with Gasteiger partial charge in [0.1, 0.15) is 11.6 Å². The molecule has 0 saturated heterocycles. The highest BCUT2D eigenvalue weighted by molar-refractivity contribution is 5.82. The van der Waals surface area contributed by atoms with Crippen LogP contribution in [0.15, 0.2) is 77.6 Å². The minimum atomic E-state index is -0.0969. The molecule has 128 valence electrons. The van der Waals surface area contributed by atoms with Gasteiger partial charge in [-0.2, -0.15) is 0 Å². The van der Waals surface area contributed by atoms with Gasteiger partial charge in [0.2, 0.25) is 0 Å². The van der Waals surface area contributed by atoms with E-state index in [2.05, 4.69) is 0 Å². The first kappa shape index (κ1) is 16.1. The van der Waals surface area contributed by atoms with Crippen molar-refractivity contribution in [3.63, 3.8) is 0 Å². The van der Waals surface area contributed by atoms with Crippen LogP contribution in [0.5, 0.6) is 5.75 Å². The molecule has 4 heteroatoms. The van der Waals surface area contributed by atoms with Crippen LogP contribution >= 0.6 is 0 Å². The average Bonchev–Trinajstić information content (AvgIpc) is 2.69. The summed E-state index contributed by atoms with van der Waals surface area (Å²) in [7, 11) is 1.60. The number of aryl methyl sites for hydroxylation is 1. The van der Waals surface area contributed by atoms with Crippen molar-refractivity contribution >= 4 is 10.9 Å². The minimum absolute atomic E-state index is 0.0969. The summed E-state index contributed by atoms with van der Waals surface area (Å²) in [5, 5.41) is 0.561. The fourth-order valence-electron chi connectivity index (χ4n) is 3.01. The lowest BCUT2D eigenvalue weighted by Gasteiger charge is -2.14. The molecule has 0 atom stereocenters. The predicted molar refractivity (Wildman–Crippen MR) is 104 cm³/mol. The Labute approximate surface area is 151 Å². The second-order valence-corrected chi connectivity index (χ2v) is 6.16. The van der Waals surface area contributed by atoms with Gasteiger partial charge in [0, 0.05) is 11.6 Å². The summed E-state index contributed by atoms with van der Waals surface area (Å²) in [4.78, 5) is 18.1. The van der Waals surface area contributed by atoms with Gasteiger partial charge in [0.05, 0.1) is 23.7 Å². The monoisotopic (exact) mass is 342 g/mol. The lowest BCUT2D eigenvalue weighted by Crippen LogP contribution is -2.22. The molecule has 3 aromatic carbocycles. The highest BCUT2D eigenvalue weighted by atomic mass is 16.5. The number of hydrogen-bond donors (Lipinski definition) is 0. The number of ether oxygens (including phenoxy) is 1. The molecule has 1 heterocycles. The number of rotatable bonds is 3. The van der Waals surface area contributed by atoms with Gasteiger partial charge < -0.3 is 4.74 Å². The summed E-state index contributed by atoms with van der Waals surface area (Å²) in [6.45, 7) is 2.02. The van der Waals surface area contributed by atoms with E-state index >= 15 is 0 Å². The van der Waals surface area contributed by atoms with Gasteiger partial charge >= 0.3 is 0 Å². The van der Waals surface area contributed by atoms with Crippen molar-refractivity contribution in [1.29, 1.82) is 0 Å². The van der Waals surface area contributed by atoms with Crippen molar-refractivity contribution in [2.75, 3.05) is 7.11 Å². The minimum Gasteiger partial charge on any atom is -0.497 e. The quantitative estimate of drug-likeness (QED) is 0.555. The smallest absolute Gasteiger partial charge is 0.266 e. The van der Waals surface area contributed by atoms with Crippen LogP contribution in [0, 0.1) is 6.92 Å². The Morgan fingerprint density at radius 3 is 2.35 bits per heavy atom. The molecule has 0 bridgehead atoms. The summed E-state index contributed by atoms with van der Waals surface area (Å²) < 4.78 is 6.96. The third kappa shape index (κ3) is 2.75. The van der Waals surface area contributed by atoms with Crippen molar-refractivity contribution in [2.45, 2.75) is 6.92 Å². The summed E-state index contributed by atoms with van der Waals surface area (Å²) in [5.74, 6) is 1.29. The number of nitrogens with zero attached hydrogens (tertiary/aromatic N) is 2. The van der Waals surface area contributed by atoms with E-state index < -0.39 is 0 Å².